The van der Waals surface area contributed by atoms with Gasteiger partial charge in [-0.2, -0.15) is 12.6 Å². The first kappa shape index (κ1) is 12.9. The maximum atomic E-state index is 11.8. The molecule has 1 aromatic carbocycles. The molecule has 0 unspecified atom stereocenters. The Labute approximate surface area is 101 Å². The zero-order valence-electron chi connectivity index (χ0n) is 9.77. The first-order chi connectivity index (χ1) is 7.49. The average molecular weight is 239 g/mol. The second-order valence-electron chi connectivity index (χ2n) is 3.87. The summed E-state index contributed by atoms with van der Waals surface area (Å²) in [5.41, 5.74) is 1.04. The Kier molecular flexibility index (Phi) is 4.24. The van der Waals surface area contributed by atoms with Crippen LogP contribution in [0.25, 0.3) is 0 Å². The quantitative estimate of drug-likeness (QED) is 0.796. The van der Waals surface area contributed by atoms with Crippen molar-refractivity contribution in [1.82, 2.24) is 4.90 Å². The number of carbonyl (C=O) groups excluding carboxylic acids is 1. The topological polar surface area (TPSA) is 40.5 Å². The van der Waals surface area contributed by atoms with Crippen molar-refractivity contribution in [3.05, 3.63) is 29.3 Å². The first-order valence-electron chi connectivity index (χ1n) is 5.20. The summed E-state index contributed by atoms with van der Waals surface area (Å²) < 4.78 is 0. The molecule has 0 radical (unpaired) electrons. The monoisotopic (exact) mass is 239 g/mol. The number of benzene rings is 1. The normalized spacial score (nSPS) is 12.2. The summed E-state index contributed by atoms with van der Waals surface area (Å²) in [4.78, 5) is 13.2. The number of phenols is 1. The summed E-state index contributed by atoms with van der Waals surface area (Å²) in [6.45, 7) is 1.98. The number of aromatic hydroxyl groups is 1. The molecule has 1 rings (SSSR count). The Morgan fingerprint density at radius 1 is 1.50 bits per heavy atom. The van der Waals surface area contributed by atoms with Gasteiger partial charge in [-0.25, -0.2) is 0 Å². The maximum Gasteiger partial charge on any atom is 0.257 e. The van der Waals surface area contributed by atoms with E-state index in [-0.39, 0.29) is 16.9 Å². The summed E-state index contributed by atoms with van der Waals surface area (Å²) in [5, 5.41) is 9.97. The van der Waals surface area contributed by atoms with Crippen LogP contribution in [0, 0.1) is 0 Å². The number of hydrogen-bond acceptors (Lipinski definition) is 3. The van der Waals surface area contributed by atoms with E-state index in [1.165, 1.54) is 4.90 Å². The Hall–Kier alpha value is -1.16. The lowest BCUT2D eigenvalue weighted by Gasteiger charge is -2.16. The van der Waals surface area contributed by atoms with Gasteiger partial charge in [0.05, 0.1) is 5.56 Å². The van der Waals surface area contributed by atoms with Crippen molar-refractivity contribution in [1.29, 1.82) is 0 Å². The highest BCUT2D eigenvalue weighted by Gasteiger charge is 2.18. The molecular formula is C12H17NO2S. The van der Waals surface area contributed by atoms with Crippen LogP contribution in [0.2, 0.25) is 0 Å². The van der Waals surface area contributed by atoms with Crippen LogP contribution >= 0.6 is 12.6 Å². The summed E-state index contributed by atoms with van der Waals surface area (Å²) in [6, 6.07) is 5.19. The fourth-order valence-corrected chi connectivity index (χ4v) is 1.67. The van der Waals surface area contributed by atoms with Crippen LogP contribution in [-0.4, -0.2) is 30.0 Å². The Morgan fingerprint density at radius 3 is 2.62 bits per heavy atom. The molecule has 0 fully saturated rings. The molecule has 0 aliphatic carbocycles. The summed E-state index contributed by atoms with van der Waals surface area (Å²) in [7, 11) is 3.32. The van der Waals surface area contributed by atoms with E-state index in [1.807, 2.05) is 6.92 Å². The number of rotatable bonds is 3. The van der Waals surface area contributed by atoms with Gasteiger partial charge in [-0.05, 0) is 12.5 Å². The van der Waals surface area contributed by atoms with Gasteiger partial charge in [0.1, 0.15) is 5.75 Å². The molecule has 0 aromatic heterocycles. The molecule has 1 aromatic rings. The number of amides is 1. The van der Waals surface area contributed by atoms with Crippen molar-refractivity contribution in [2.24, 2.45) is 0 Å². The van der Waals surface area contributed by atoms with Crippen molar-refractivity contribution in [3.8, 4) is 5.75 Å². The second-order valence-corrected chi connectivity index (χ2v) is 4.49. The standard InChI is InChI=1S/C12H17NO2S/c1-4-10(16)8-6-5-7-9(11(8)14)12(15)13(2)3/h5-7,10,14,16H,4H2,1-3H3/t10-/m0/s1. The molecule has 0 aliphatic rings. The minimum absolute atomic E-state index is 0.0445. The number of nitrogens with zero attached hydrogens (tertiary/aromatic N) is 1. The van der Waals surface area contributed by atoms with Gasteiger partial charge in [0, 0.05) is 24.9 Å². The Balaban J connectivity index is 3.18. The number of thiol groups is 1. The summed E-state index contributed by atoms with van der Waals surface area (Å²) >= 11 is 4.37. The van der Waals surface area contributed by atoms with Gasteiger partial charge in [-0.3, -0.25) is 4.79 Å². The first-order valence-corrected chi connectivity index (χ1v) is 5.72. The van der Waals surface area contributed by atoms with Crippen molar-refractivity contribution >= 4 is 18.5 Å². The molecule has 1 N–H and O–H groups in total. The third-order valence-electron chi connectivity index (χ3n) is 2.45. The van der Waals surface area contributed by atoms with Crippen molar-refractivity contribution in [2.45, 2.75) is 18.6 Å². The van der Waals surface area contributed by atoms with Crippen LogP contribution in [0.5, 0.6) is 5.75 Å². The number of phenolic OH excluding ortho intramolecular Hbond substituents is 1. The molecule has 0 saturated heterocycles. The SMILES string of the molecule is CC[C@H](S)c1cccc(C(=O)N(C)C)c1O. The fraction of sp³-hybridized carbons (Fsp3) is 0.417. The van der Waals surface area contributed by atoms with Gasteiger partial charge in [0.2, 0.25) is 0 Å². The molecule has 4 heteroatoms. The van der Waals surface area contributed by atoms with Gasteiger partial charge in [-0.15, -0.1) is 0 Å². The van der Waals surface area contributed by atoms with E-state index in [1.54, 1.807) is 32.3 Å². The fourth-order valence-electron chi connectivity index (χ4n) is 1.46. The number of hydrogen-bond donors (Lipinski definition) is 2. The minimum atomic E-state index is -0.198. The Bertz CT molecular complexity index is 391. The Morgan fingerprint density at radius 2 is 2.12 bits per heavy atom. The predicted octanol–water partition coefficient (Wildman–Crippen LogP) is 2.47. The van der Waals surface area contributed by atoms with Crippen molar-refractivity contribution in [3.63, 3.8) is 0 Å². The summed E-state index contributed by atoms with van der Waals surface area (Å²) in [5.74, 6) is -0.154. The lowest BCUT2D eigenvalue weighted by Crippen LogP contribution is -2.22. The average Bonchev–Trinajstić information content (AvgIpc) is 2.27. The van der Waals surface area contributed by atoms with E-state index >= 15 is 0 Å². The molecule has 0 spiro atoms. The van der Waals surface area contributed by atoms with Crippen molar-refractivity contribution in [2.75, 3.05) is 14.1 Å². The smallest absolute Gasteiger partial charge is 0.257 e. The lowest BCUT2D eigenvalue weighted by atomic mass is 10.0. The van der Waals surface area contributed by atoms with E-state index < -0.39 is 0 Å². The third-order valence-corrected chi connectivity index (χ3v) is 3.09. The van der Waals surface area contributed by atoms with Crippen LogP contribution < -0.4 is 0 Å². The molecule has 1 atom stereocenters. The number of carbonyl (C=O) groups is 1. The van der Waals surface area contributed by atoms with E-state index in [0.29, 0.717) is 11.1 Å². The largest absolute Gasteiger partial charge is 0.507 e. The van der Waals surface area contributed by atoms with E-state index in [0.717, 1.165) is 6.42 Å². The van der Waals surface area contributed by atoms with Gasteiger partial charge >= 0.3 is 0 Å². The molecule has 3 nitrogen and oxygen atoms in total. The highest BCUT2D eigenvalue weighted by atomic mass is 32.1. The van der Waals surface area contributed by atoms with E-state index in [9.17, 15) is 9.90 Å². The second kappa shape index (κ2) is 5.25. The molecule has 88 valence electrons. The number of para-hydroxylation sites is 1. The minimum Gasteiger partial charge on any atom is -0.507 e. The van der Waals surface area contributed by atoms with Crippen LogP contribution in [0.3, 0.4) is 0 Å². The van der Waals surface area contributed by atoms with Crippen LogP contribution in [-0.2, 0) is 0 Å². The van der Waals surface area contributed by atoms with Crippen LogP contribution in [0.15, 0.2) is 18.2 Å². The summed E-state index contributed by atoms with van der Waals surface area (Å²) in [6.07, 6.45) is 0.802. The molecule has 16 heavy (non-hydrogen) atoms. The molecule has 0 heterocycles. The zero-order chi connectivity index (χ0) is 12.3. The van der Waals surface area contributed by atoms with Crippen LogP contribution in [0.4, 0.5) is 0 Å². The zero-order valence-corrected chi connectivity index (χ0v) is 10.7. The van der Waals surface area contributed by atoms with E-state index in [2.05, 4.69) is 12.6 Å². The highest BCUT2D eigenvalue weighted by Crippen LogP contribution is 2.33. The molecule has 0 bridgehead atoms. The van der Waals surface area contributed by atoms with E-state index in [4.69, 9.17) is 0 Å². The third kappa shape index (κ3) is 2.50. The lowest BCUT2D eigenvalue weighted by molar-refractivity contribution is 0.0824. The molecule has 0 aliphatic heterocycles. The maximum absolute atomic E-state index is 11.8. The van der Waals surface area contributed by atoms with Gasteiger partial charge in [-0.1, -0.05) is 19.1 Å². The van der Waals surface area contributed by atoms with Crippen LogP contribution in [0.1, 0.15) is 34.5 Å². The van der Waals surface area contributed by atoms with Crippen molar-refractivity contribution < 1.29 is 9.90 Å². The molecule has 1 amide bonds. The highest BCUT2D eigenvalue weighted by molar-refractivity contribution is 7.80. The van der Waals surface area contributed by atoms with Gasteiger partial charge in [0.15, 0.2) is 0 Å². The van der Waals surface area contributed by atoms with Gasteiger partial charge in [0.25, 0.3) is 5.91 Å². The predicted molar refractivity (Wildman–Crippen MR) is 68.1 cm³/mol. The van der Waals surface area contributed by atoms with Gasteiger partial charge < -0.3 is 10.0 Å². The molecule has 0 saturated carbocycles. The molecular weight excluding hydrogens is 222 g/mol.